The van der Waals surface area contributed by atoms with E-state index in [1.165, 1.54) is 11.1 Å². The lowest BCUT2D eigenvalue weighted by Gasteiger charge is -2.39. The average molecular weight is 487 g/mol. The van der Waals surface area contributed by atoms with Gasteiger partial charge in [0.1, 0.15) is 0 Å². The van der Waals surface area contributed by atoms with Crippen molar-refractivity contribution in [1.82, 2.24) is 9.80 Å². The quantitative estimate of drug-likeness (QED) is 0.426. The van der Waals surface area contributed by atoms with E-state index in [2.05, 4.69) is 52.3 Å². The van der Waals surface area contributed by atoms with E-state index in [-0.39, 0.29) is 17.8 Å². The Hall–Kier alpha value is -2.98. The number of likely N-dealkylation sites (tertiary alicyclic amines) is 2. The Morgan fingerprint density at radius 2 is 1.61 bits per heavy atom. The van der Waals surface area contributed by atoms with Gasteiger partial charge in [0.25, 0.3) is 0 Å². The predicted octanol–water partition coefficient (Wildman–Crippen LogP) is 3.99. The first-order valence-electron chi connectivity index (χ1n) is 13.1. The lowest BCUT2D eigenvalue weighted by molar-refractivity contribution is -0.151. The van der Waals surface area contributed by atoms with Crippen LogP contribution in [0.4, 0.5) is 0 Å². The highest BCUT2D eigenvalue weighted by Crippen LogP contribution is 2.29. The second kappa shape index (κ2) is 13.4. The molecule has 2 aliphatic heterocycles. The molecule has 0 spiro atoms. The second-order valence-corrected chi connectivity index (χ2v) is 10.1. The maximum Gasteiger partial charge on any atom is 0.314 e. The Morgan fingerprint density at radius 1 is 0.972 bits per heavy atom. The molecule has 2 N–H and O–H groups in total. The number of nitriles is 1. The Labute approximate surface area is 215 Å². The molecule has 0 radical (unpaired) electrons. The van der Waals surface area contributed by atoms with Crippen LogP contribution in [0.15, 0.2) is 72.3 Å². The molecule has 2 fully saturated rings. The highest BCUT2D eigenvalue weighted by atomic mass is 16.5. The smallest absolute Gasteiger partial charge is 0.314 e. The molecule has 3 atom stereocenters. The molecule has 190 valence electrons. The summed E-state index contributed by atoms with van der Waals surface area (Å²) in [6.07, 6.45) is 4.28. The van der Waals surface area contributed by atoms with E-state index >= 15 is 0 Å². The molecular formula is C30H38N4O2. The van der Waals surface area contributed by atoms with Gasteiger partial charge in [-0.2, -0.15) is 5.26 Å². The maximum absolute atomic E-state index is 13.3. The summed E-state index contributed by atoms with van der Waals surface area (Å²) >= 11 is 0. The molecule has 4 rings (SSSR count). The van der Waals surface area contributed by atoms with Gasteiger partial charge in [-0.1, -0.05) is 60.7 Å². The van der Waals surface area contributed by atoms with Crippen molar-refractivity contribution in [2.24, 2.45) is 23.5 Å². The molecule has 0 saturated carbocycles. The monoisotopic (exact) mass is 486 g/mol. The van der Waals surface area contributed by atoms with Crippen LogP contribution in [0.2, 0.25) is 0 Å². The number of ether oxygens (including phenoxy) is 1. The maximum atomic E-state index is 13.3. The lowest BCUT2D eigenvalue weighted by Crippen LogP contribution is -2.44. The summed E-state index contributed by atoms with van der Waals surface area (Å²) < 4.78 is 5.99. The zero-order valence-electron chi connectivity index (χ0n) is 21.1. The highest BCUT2D eigenvalue weighted by Gasteiger charge is 2.34. The summed E-state index contributed by atoms with van der Waals surface area (Å²) in [5.41, 5.74) is 9.33. The van der Waals surface area contributed by atoms with Gasteiger partial charge in [0.15, 0.2) is 0 Å². The van der Waals surface area contributed by atoms with Crippen molar-refractivity contribution in [2.45, 2.75) is 32.4 Å². The van der Waals surface area contributed by atoms with Gasteiger partial charge in [-0.05, 0) is 55.0 Å². The van der Waals surface area contributed by atoms with Crippen molar-refractivity contribution >= 4 is 5.97 Å². The molecule has 0 bridgehead atoms. The first kappa shape index (κ1) is 26.1. The molecule has 6 nitrogen and oxygen atoms in total. The van der Waals surface area contributed by atoms with Crippen molar-refractivity contribution in [3.63, 3.8) is 0 Å². The number of nitrogens with two attached hydrogens (primary N) is 1. The lowest BCUT2D eigenvalue weighted by atomic mass is 9.83. The first-order chi connectivity index (χ1) is 17.7. The van der Waals surface area contributed by atoms with E-state index in [4.69, 9.17) is 10.5 Å². The van der Waals surface area contributed by atoms with Gasteiger partial charge in [0, 0.05) is 44.7 Å². The minimum atomic E-state index is -0.390. The van der Waals surface area contributed by atoms with Crippen molar-refractivity contribution in [1.29, 1.82) is 5.26 Å². The van der Waals surface area contributed by atoms with Crippen molar-refractivity contribution in [3.8, 4) is 6.07 Å². The summed E-state index contributed by atoms with van der Waals surface area (Å²) in [6, 6.07) is 23.0. The van der Waals surface area contributed by atoms with Gasteiger partial charge >= 0.3 is 5.97 Å². The molecule has 0 aliphatic carbocycles. The molecule has 36 heavy (non-hydrogen) atoms. The van der Waals surface area contributed by atoms with Gasteiger partial charge in [0.2, 0.25) is 0 Å². The van der Waals surface area contributed by atoms with Crippen LogP contribution >= 0.6 is 0 Å². The number of carbonyl (C=O) groups is 1. The van der Waals surface area contributed by atoms with Gasteiger partial charge in [0.05, 0.1) is 18.6 Å². The van der Waals surface area contributed by atoms with Crippen LogP contribution in [0.5, 0.6) is 0 Å². The van der Waals surface area contributed by atoms with Crippen LogP contribution in [0.1, 0.15) is 30.4 Å². The minimum Gasteiger partial charge on any atom is -0.465 e. The summed E-state index contributed by atoms with van der Waals surface area (Å²) in [4.78, 5) is 18.1. The van der Waals surface area contributed by atoms with Crippen molar-refractivity contribution in [3.05, 3.63) is 83.4 Å². The molecule has 0 amide bonds. The number of nitrogens with zero attached hydrogens (tertiary/aromatic N) is 3. The fraction of sp³-hybridized carbons (Fsp3) is 0.467. The van der Waals surface area contributed by atoms with Gasteiger partial charge in [-0.3, -0.25) is 14.6 Å². The number of benzene rings is 2. The summed E-state index contributed by atoms with van der Waals surface area (Å²) in [5.74, 6) is 0.132. The van der Waals surface area contributed by atoms with Gasteiger partial charge in [-0.15, -0.1) is 0 Å². The van der Waals surface area contributed by atoms with Crippen LogP contribution < -0.4 is 5.73 Å². The number of rotatable bonds is 9. The first-order valence-corrected chi connectivity index (χ1v) is 13.1. The molecular weight excluding hydrogens is 448 g/mol. The van der Waals surface area contributed by atoms with E-state index in [0.717, 1.165) is 51.1 Å². The van der Waals surface area contributed by atoms with E-state index in [1.54, 1.807) is 6.08 Å². The number of hydrogen-bond acceptors (Lipinski definition) is 6. The van der Waals surface area contributed by atoms with Crippen molar-refractivity contribution < 1.29 is 9.53 Å². The summed E-state index contributed by atoms with van der Waals surface area (Å²) in [7, 11) is 0. The molecule has 2 aliphatic rings. The topological polar surface area (TPSA) is 82.6 Å². The van der Waals surface area contributed by atoms with Crippen LogP contribution in [0.25, 0.3) is 0 Å². The third kappa shape index (κ3) is 7.27. The fourth-order valence-corrected chi connectivity index (χ4v) is 5.61. The third-order valence-corrected chi connectivity index (χ3v) is 7.59. The summed E-state index contributed by atoms with van der Waals surface area (Å²) in [6.45, 7) is 6.12. The number of esters is 1. The molecule has 2 saturated heterocycles. The highest BCUT2D eigenvalue weighted by molar-refractivity contribution is 5.76. The van der Waals surface area contributed by atoms with E-state index in [1.807, 2.05) is 24.3 Å². The minimum absolute atomic E-state index is 0.207. The normalized spacial score (nSPS) is 24.3. The average Bonchev–Trinajstić information content (AvgIpc) is 2.91. The van der Waals surface area contributed by atoms with Crippen LogP contribution in [-0.2, 0) is 22.6 Å². The molecule has 2 aromatic carbocycles. The Bertz CT molecular complexity index is 1030. The standard InChI is InChI=1S/C30H38N4O2/c31-15-11-26-13-17-33(19-24-7-3-1-4-8-24)21-28(26)23-36-30(35)29-22-34(18-14-27(29)12-16-32)20-25-9-5-2-6-10-25/h1-10,12,26,28-29H,11,13-15,17-23,31H2/b27-12+. The largest absolute Gasteiger partial charge is 0.465 e. The Balaban J connectivity index is 1.37. The fourth-order valence-electron chi connectivity index (χ4n) is 5.61. The summed E-state index contributed by atoms with van der Waals surface area (Å²) in [5, 5.41) is 9.29. The van der Waals surface area contributed by atoms with Gasteiger partial charge < -0.3 is 10.5 Å². The predicted molar refractivity (Wildman–Crippen MR) is 141 cm³/mol. The van der Waals surface area contributed by atoms with Crippen LogP contribution in [0.3, 0.4) is 0 Å². The number of piperidine rings is 2. The zero-order chi connectivity index (χ0) is 25.2. The third-order valence-electron chi connectivity index (χ3n) is 7.59. The van der Waals surface area contributed by atoms with Crippen molar-refractivity contribution in [2.75, 3.05) is 39.3 Å². The van der Waals surface area contributed by atoms with Crippen LogP contribution in [0, 0.1) is 29.1 Å². The van der Waals surface area contributed by atoms with Crippen LogP contribution in [-0.4, -0.2) is 55.1 Å². The number of hydrogen-bond donors (Lipinski definition) is 1. The second-order valence-electron chi connectivity index (χ2n) is 10.1. The zero-order valence-corrected chi connectivity index (χ0v) is 21.1. The van der Waals surface area contributed by atoms with E-state index in [9.17, 15) is 10.1 Å². The molecule has 0 aromatic heterocycles. The van der Waals surface area contributed by atoms with Gasteiger partial charge in [-0.25, -0.2) is 0 Å². The van der Waals surface area contributed by atoms with E-state index < -0.39 is 0 Å². The molecule has 2 heterocycles. The molecule has 3 unspecified atom stereocenters. The molecule has 2 aromatic rings. The molecule has 6 heteroatoms. The Morgan fingerprint density at radius 3 is 2.22 bits per heavy atom. The van der Waals surface area contributed by atoms with E-state index in [0.29, 0.717) is 32.0 Å². The number of carbonyl (C=O) groups excluding carboxylic acids is 1. The Kier molecular flexibility index (Phi) is 9.68. The SMILES string of the molecule is N#C/C=C1\CCN(Cc2ccccc2)CC1C(=O)OCC1CN(Cc2ccccc2)CCC1CCN. The number of allylic oxidation sites excluding steroid dienone is 1.